The second-order valence-corrected chi connectivity index (χ2v) is 7.48. The topological polar surface area (TPSA) is 61.8 Å². The number of carbonyl (C=O) groups is 1. The van der Waals surface area contributed by atoms with Crippen molar-refractivity contribution in [2.24, 2.45) is 0 Å². The maximum Gasteiger partial charge on any atom is 0.410 e. The standard InChI is InChI=1S/C21H25ClN2O3/c1-16-7-8-18(13-19(16)22)23-15-21(26)9-11-24(12-10-21)20(25)27-14-17-5-3-2-4-6-17/h2-8,13,23,26H,9-12,14-15H2,1H3. The molecule has 2 aromatic rings. The highest BCUT2D eigenvalue weighted by Crippen LogP contribution is 2.25. The number of benzene rings is 2. The molecule has 144 valence electrons. The summed E-state index contributed by atoms with van der Waals surface area (Å²) in [4.78, 5) is 13.9. The maximum absolute atomic E-state index is 12.2. The zero-order valence-electron chi connectivity index (χ0n) is 15.5. The number of aryl methyl sites for hydroxylation is 1. The van der Waals surface area contributed by atoms with Crippen LogP contribution in [0.1, 0.15) is 24.0 Å². The van der Waals surface area contributed by atoms with E-state index in [9.17, 15) is 9.90 Å². The summed E-state index contributed by atoms with van der Waals surface area (Å²) in [6.07, 6.45) is 0.666. The van der Waals surface area contributed by atoms with Crippen LogP contribution in [-0.4, -0.2) is 41.3 Å². The van der Waals surface area contributed by atoms with Crippen molar-refractivity contribution in [1.82, 2.24) is 4.90 Å². The summed E-state index contributed by atoms with van der Waals surface area (Å²) in [6, 6.07) is 15.3. The number of rotatable bonds is 5. The lowest BCUT2D eigenvalue weighted by molar-refractivity contribution is -0.0110. The fourth-order valence-electron chi connectivity index (χ4n) is 3.06. The number of anilines is 1. The first-order chi connectivity index (χ1) is 13.0. The van der Waals surface area contributed by atoms with Crippen molar-refractivity contribution in [1.29, 1.82) is 0 Å². The van der Waals surface area contributed by atoms with Crippen LogP contribution in [0.25, 0.3) is 0 Å². The van der Waals surface area contributed by atoms with E-state index >= 15 is 0 Å². The first-order valence-electron chi connectivity index (χ1n) is 9.13. The summed E-state index contributed by atoms with van der Waals surface area (Å²) in [5.41, 5.74) is 2.00. The van der Waals surface area contributed by atoms with Gasteiger partial charge in [0.15, 0.2) is 0 Å². The molecule has 0 unspecified atom stereocenters. The van der Waals surface area contributed by atoms with Crippen LogP contribution in [0, 0.1) is 6.92 Å². The minimum atomic E-state index is -0.854. The van der Waals surface area contributed by atoms with Gasteiger partial charge < -0.3 is 20.1 Å². The SMILES string of the molecule is Cc1ccc(NCC2(O)CCN(C(=O)OCc3ccccc3)CC2)cc1Cl. The Hall–Kier alpha value is -2.24. The number of nitrogens with one attached hydrogen (secondary N) is 1. The highest BCUT2D eigenvalue weighted by Gasteiger charge is 2.34. The van der Waals surface area contributed by atoms with Crippen LogP contribution in [0.2, 0.25) is 5.02 Å². The number of halogens is 1. The number of piperidine rings is 1. The fraction of sp³-hybridized carbons (Fsp3) is 0.381. The quantitative estimate of drug-likeness (QED) is 0.804. The van der Waals surface area contributed by atoms with Gasteiger partial charge in [0.2, 0.25) is 0 Å². The second kappa shape index (κ2) is 8.63. The molecule has 27 heavy (non-hydrogen) atoms. The number of carbonyl (C=O) groups excluding carboxylic acids is 1. The molecule has 3 rings (SSSR count). The summed E-state index contributed by atoms with van der Waals surface area (Å²) in [7, 11) is 0. The van der Waals surface area contributed by atoms with Crippen molar-refractivity contribution < 1.29 is 14.6 Å². The molecule has 0 radical (unpaired) electrons. The molecule has 1 aliphatic heterocycles. The normalized spacial score (nSPS) is 16.0. The van der Waals surface area contributed by atoms with E-state index in [0.29, 0.717) is 37.5 Å². The molecule has 1 amide bonds. The van der Waals surface area contributed by atoms with Crippen molar-refractivity contribution in [2.45, 2.75) is 32.0 Å². The molecule has 5 nitrogen and oxygen atoms in total. The molecule has 0 atom stereocenters. The number of likely N-dealkylation sites (tertiary alicyclic amines) is 1. The Morgan fingerprint density at radius 2 is 1.93 bits per heavy atom. The van der Waals surface area contributed by atoms with Gasteiger partial charge in [0.1, 0.15) is 6.61 Å². The lowest BCUT2D eigenvalue weighted by Crippen LogP contribution is -2.50. The van der Waals surface area contributed by atoms with Crippen LogP contribution < -0.4 is 5.32 Å². The number of aliphatic hydroxyl groups is 1. The molecule has 6 heteroatoms. The Morgan fingerprint density at radius 1 is 1.22 bits per heavy atom. The van der Waals surface area contributed by atoms with E-state index in [4.69, 9.17) is 16.3 Å². The third kappa shape index (κ3) is 5.37. The number of hydrogen-bond acceptors (Lipinski definition) is 4. The Balaban J connectivity index is 1.45. The van der Waals surface area contributed by atoms with E-state index in [1.807, 2.05) is 55.5 Å². The molecule has 0 saturated carbocycles. The number of hydrogen-bond donors (Lipinski definition) is 2. The molecule has 2 N–H and O–H groups in total. The monoisotopic (exact) mass is 388 g/mol. The minimum absolute atomic E-state index is 0.260. The Labute approximate surface area is 164 Å². The van der Waals surface area contributed by atoms with E-state index < -0.39 is 5.60 Å². The van der Waals surface area contributed by atoms with E-state index in [-0.39, 0.29) is 12.7 Å². The predicted octanol–water partition coefficient (Wildman–Crippen LogP) is 4.22. The van der Waals surface area contributed by atoms with Crippen LogP contribution in [0.4, 0.5) is 10.5 Å². The summed E-state index contributed by atoms with van der Waals surface area (Å²) in [6.45, 7) is 3.57. The molecular weight excluding hydrogens is 364 g/mol. The first kappa shape index (κ1) is 19.5. The van der Waals surface area contributed by atoms with Crippen LogP contribution in [0.5, 0.6) is 0 Å². The fourth-order valence-corrected chi connectivity index (χ4v) is 3.24. The van der Waals surface area contributed by atoms with E-state index in [0.717, 1.165) is 16.8 Å². The molecule has 0 bridgehead atoms. The molecule has 0 spiro atoms. The Morgan fingerprint density at radius 3 is 2.59 bits per heavy atom. The van der Waals surface area contributed by atoms with Crippen molar-refractivity contribution in [3.8, 4) is 0 Å². The van der Waals surface area contributed by atoms with E-state index in [1.165, 1.54) is 0 Å². The Kier molecular flexibility index (Phi) is 6.24. The number of nitrogens with zero attached hydrogens (tertiary/aromatic N) is 1. The van der Waals surface area contributed by atoms with Crippen LogP contribution in [0.15, 0.2) is 48.5 Å². The van der Waals surface area contributed by atoms with Gasteiger partial charge in [-0.15, -0.1) is 0 Å². The van der Waals surface area contributed by atoms with Gasteiger partial charge in [-0.1, -0.05) is 48.0 Å². The summed E-state index contributed by atoms with van der Waals surface area (Å²) in [5, 5.41) is 14.7. The van der Waals surface area contributed by atoms with Gasteiger partial charge in [-0.25, -0.2) is 4.79 Å². The lowest BCUT2D eigenvalue weighted by atomic mass is 9.91. The summed E-state index contributed by atoms with van der Waals surface area (Å²) in [5.74, 6) is 0. The van der Waals surface area contributed by atoms with Gasteiger partial charge in [0.05, 0.1) is 5.60 Å². The number of amides is 1. The third-order valence-electron chi connectivity index (χ3n) is 4.95. The van der Waals surface area contributed by atoms with Gasteiger partial charge in [-0.05, 0) is 43.0 Å². The molecule has 1 fully saturated rings. The zero-order chi connectivity index (χ0) is 19.3. The summed E-state index contributed by atoms with van der Waals surface area (Å²) < 4.78 is 5.36. The van der Waals surface area contributed by atoms with E-state index in [1.54, 1.807) is 4.90 Å². The smallest absolute Gasteiger partial charge is 0.410 e. The highest BCUT2D eigenvalue weighted by atomic mass is 35.5. The van der Waals surface area contributed by atoms with Gasteiger partial charge >= 0.3 is 6.09 Å². The maximum atomic E-state index is 12.2. The van der Waals surface area contributed by atoms with Gasteiger partial charge in [0, 0.05) is 30.3 Å². The average molecular weight is 389 g/mol. The molecule has 1 heterocycles. The Bertz CT molecular complexity index is 774. The largest absolute Gasteiger partial charge is 0.445 e. The van der Waals surface area contributed by atoms with Crippen molar-refractivity contribution in [3.63, 3.8) is 0 Å². The molecule has 1 aliphatic rings. The molecule has 1 saturated heterocycles. The second-order valence-electron chi connectivity index (χ2n) is 7.07. The van der Waals surface area contributed by atoms with Crippen molar-refractivity contribution >= 4 is 23.4 Å². The average Bonchev–Trinajstić information content (AvgIpc) is 2.68. The molecular formula is C21H25ClN2O3. The predicted molar refractivity (Wildman–Crippen MR) is 107 cm³/mol. The van der Waals surface area contributed by atoms with Crippen LogP contribution in [-0.2, 0) is 11.3 Å². The first-order valence-corrected chi connectivity index (χ1v) is 9.51. The molecule has 0 aliphatic carbocycles. The minimum Gasteiger partial charge on any atom is -0.445 e. The molecule has 0 aromatic heterocycles. The van der Waals surface area contributed by atoms with Crippen molar-refractivity contribution in [3.05, 3.63) is 64.7 Å². The molecule has 2 aromatic carbocycles. The van der Waals surface area contributed by atoms with Gasteiger partial charge in [-0.2, -0.15) is 0 Å². The highest BCUT2D eigenvalue weighted by molar-refractivity contribution is 6.31. The summed E-state index contributed by atoms with van der Waals surface area (Å²) >= 11 is 6.14. The number of ether oxygens (including phenoxy) is 1. The van der Waals surface area contributed by atoms with E-state index in [2.05, 4.69) is 5.32 Å². The zero-order valence-corrected chi connectivity index (χ0v) is 16.2. The van der Waals surface area contributed by atoms with Gasteiger partial charge in [0.25, 0.3) is 0 Å². The van der Waals surface area contributed by atoms with Crippen molar-refractivity contribution in [2.75, 3.05) is 25.0 Å². The third-order valence-corrected chi connectivity index (χ3v) is 5.36. The van der Waals surface area contributed by atoms with Crippen LogP contribution in [0.3, 0.4) is 0 Å². The van der Waals surface area contributed by atoms with Crippen LogP contribution >= 0.6 is 11.6 Å². The lowest BCUT2D eigenvalue weighted by Gasteiger charge is -2.37. The van der Waals surface area contributed by atoms with Gasteiger partial charge in [-0.3, -0.25) is 0 Å².